The van der Waals surface area contributed by atoms with E-state index in [-0.39, 0.29) is 0 Å². The lowest BCUT2D eigenvalue weighted by molar-refractivity contribution is -0.137. The number of halogens is 3. The van der Waals surface area contributed by atoms with Crippen molar-refractivity contribution in [1.29, 1.82) is 0 Å². The van der Waals surface area contributed by atoms with Gasteiger partial charge < -0.3 is 5.32 Å². The minimum absolute atomic E-state index is 0.513. The first kappa shape index (κ1) is 14.6. The van der Waals surface area contributed by atoms with Crippen LogP contribution < -0.4 is 5.32 Å². The van der Waals surface area contributed by atoms with E-state index in [9.17, 15) is 13.2 Å². The van der Waals surface area contributed by atoms with Gasteiger partial charge in [0.05, 0.1) is 11.1 Å². The average molecular weight is 282 g/mol. The fourth-order valence-corrected chi connectivity index (χ4v) is 2.07. The van der Waals surface area contributed by atoms with Gasteiger partial charge >= 0.3 is 6.18 Å². The van der Waals surface area contributed by atoms with Crippen molar-refractivity contribution in [2.24, 2.45) is 0 Å². The van der Waals surface area contributed by atoms with Gasteiger partial charge in [-0.25, -0.2) is 0 Å². The summed E-state index contributed by atoms with van der Waals surface area (Å²) in [4.78, 5) is 4.10. The number of alkyl halides is 3. The Balaban J connectivity index is 2.29. The highest BCUT2D eigenvalue weighted by atomic mass is 19.4. The number of anilines is 1. The monoisotopic (exact) mass is 282 g/mol. The van der Waals surface area contributed by atoms with E-state index in [0.29, 0.717) is 16.6 Å². The molecule has 0 saturated heterocycles. The molecule has 0 spiro atoms. The first-order valence-electron chi connectivity index (χ1n) is 6.72. The van der Waals surface area contributed by atoms with Crippen LogP contribution in [0.2, 0.25) is 0 Å². The highest BCUT2D eigenvalue weighted by Gasteiger charge is 2.30. The molecule has 2 nitrogen and oxygen atoms in total. The molecule has 0 radical (unpaired) electrons. The molecule has 2 aromatic rings. The van der Waals surface area contributed by atoms with Crippen molar-refractivity contribution in [3.05, 3.63) is 36.0 Å². The molecule has 0 fully saturated rings. The second kappa shape index (κ2) is 6.11. The van der Waals surface area contributed by atoms with Gasteiger partial charge in [-0.15, -0.1) is 0 Å². The van der Waals surface area contributed by atoms with Gasteiger partial charge in [0.25, 0.3) is 0 Å². The lowest BCUT2D eigenvalue weighted by Gasteiger charge is -2.12. The summed E-state index contributed by atoms with van der Waals surface area (Å²) in [6.07, 6.45) is 0.487. The molecule has 0 aliphatic carbocycles. The van der Waals surface area contributed by atoms with E-state index >= 15 is 0 Å². The third-order valence-corrected chi connectivity index (χ3v) is 3.16. The quantitative estimate of drug-likeness (QED) is 0.792. The minimum Gasteiger partial charge on any atom is -0.384 e. The first-order valence-corrected chi connectivity index (χ1v) is 6.72. The summed E-state index contributed by atoms with van der Waals surface area (Å²) in [5, 5.41) is 3.71. The first-order chi connectivity index (χ1) is 9.52. The normalized spacial score (nSPS) is 11.8. The maximum atomic E-state index is 12.8. The number of pyridine rings is 1. The predicted octanol–water partition coefficient (Wildman–Crippen LogP) is 4.86. The van der Waals surface area contributed by atoms with Crippen LogP contribution in [0.1, 0.15) is 31.7 Å². The zero-order valence-corrected chi connectivity index (χ0v) is 11.3. The number of fused-ring (bicyclic) bond motifs is 1. The highest BCUT2D eigenvalue weighted by molar-refractivity contribution is 5.91. The number of benzene rings is 1. The largest absolute Gasteiger partial charge is 0.416 e. The third-order valence-electron chi connectivity index (χ3n) is 3.16. The Morgan fingerprint density at radius 3 is 2.65 bits per heavy atom. The topological polar surface area (TPSA) is 24.9 Å². The Hall–Kier alpha value is -1.78. The minimum atomic E-state index is -4.33. The van der Waals surface area contributed by atoms with Gasteiger partial charge in [0.2, 0.25) is 0 Å². The summed E-state index contributed by atoms with van der Waals surface area (Å²) in [6.45, 7) is 2.86. The fourth-order valence-electron chi connectivity index (χ4n) is 2.07. The Morgan fingerprint density at radius 1 is 1.15 bits per heavy atom. The van der Waals surface area contributed by atoms with E-state index in [2.05, 4.69) is 17.2 Å². The molecule has 108 valence electrons. The Kier molecular flexibility index (Phi) is 4.47. The van der Waals surface area contributed by atoms with Crippen LogP contribution in [0.4, 0.5) is 18.9 Å². The number of nitrogens with one attached hydrogen (secondary N) is 1. The van der Waals surface area contributed by atoms with Crippen molar-refractivity contribution < 1.29 is 13.2 Å². The van der Waals surface area contributed by atoms with Crippen molar-refractivity contribution >= 4 is 16.6 Å². The molecule has 0 aliphatic heterocycles. The van der Waals surface area contributed by atoms with Gasteiger partial charge in [0.1, 0.15) is 0 Å². The summed E-state index contributed by atoms with van der Waals surface area (Å²) in [5.41, 5.74) is 0.630. The molecule has 1 N–H and O–H groups in total. The second-order valence-electron chi connectivity index (χ2n) is 4.72. The second-order valence-corrected chi connectivity index (χ2v) is 4.72. The summed E-state index contributed by atoms with van der Waals surface area (Å²) >= 11 is 0. The highest BCUT2D eigenvalue weighted by Crippen LogP contribution is 2.33. The van der Waals surface area contributed by atoms with Gasteiger partial charge in [-0.05, 0) is 30.7 Å². The molecule has 0 atom stereocenters. The lowest BCUT2D eigenvalue weighted by atomic mass is 10.1. The predicted molar refractivity (Wildman–Crippen MR) is 74.8 cm³/mol. The van der Waals surface area contributed by atoms with Crippen LogP contribution in [0.15, 0.2) is 30.5 Å². The maximum Gasteiger partial charge on any atom is 0.416 e. The van der Waals surface area contributed by atoms with Crippen LogP contribution in [-0.2, 0) is 6.18 Å². The van der Waals surface area contributed by atoms with E-state index in [1.165, 1.54) is 6.07 Å². The molecule has 20 heavy (non-hydrogen) atoms. The molecule has 0 amide bonds. The lowest BCUT2D eigenvalue weighted by Crippen LogP contribution is -2.06. The summed E-state index contributed by atoms with van der Waals surface area (Å²) < 4.78 is 38.3. The van der Waals surface area contributed by atoms with Crippen LogP contribution >= 0.6 is 0 Å². The molecule has 0 aliphatic rings. The Morgan fingerprint density at radius 2 is 1.95 bits per heavy atom. The molecule has 2 rings (SSSR count). The van der Waals surface area contributed by atoms with E-state index in [1.807, 2.05) is 0 Å². The van der Waals surface area contributed by atoms with E-state index in [4.69, 9.17) is 0 Å². The van der Waals surface area contributed by atoms with Crippen LogP contribution in [-0.4, -0.2) is 11.5 Å². The van der Waals surface area contributed by atoms with Gasteiger partial charge in [0, 0.05) is 23.8 Å². The molecule has 1 aromatic heterocycles. The summed E-state index contributed by atoms with van der Waals surface area (Å²) in [7, 11) is 0. The van der Waals surface area contributed by atoms with Crippen LogP contribution in [0.3, 0.4) is 0 Å². The Bertz CT molecular complexity index is 579. The molecular formula is C15H17F3N2. The van der Waals surface area contributed by atoms with Gasteiger partial charge in [-0.1, -0.05) is 19.8 Å². The zero-order valence-electron chi connectivity index (χ0n) is 11.3. The standard InChI is InChI=1S/C15H17F3N2/c1-2-3-4-8-19-14-7-9-20-13-6-5-11(10-12(13)14)15(16,17)18/h5-7,9-10H,2-4,8H2,1H3,(H,19,20). The van der Waals surface area contributed by atoms with E-state index in [1.54, 1.807) is 12.3 Å². The molecular weight excluding hydrogens is 265 g/mol. The van der Waals surface area contributed by atoms with Gasteiger partial charge in [0.15, 0.2) is 0 Å². The summed E-state index contributed by atoms with van der Waals surface area (Å²) in [5.74, 6) is 0. The number of unbranched alkanes of at least 4 members (excludes halogenated alkanes) is 2. The molecule has 1 heterocycles. The van der Waals surface area contributed by atoms with Crippen molar-refractivity contribution in [1.82, 2.24) is 4.98 Å². The van der Waals surface area contributed by atoms with E-state index < -0.39 is 11.7 Å². The summed E-state index contributed by atoms with van der Waals surface area (Å²) in [6, 6.07) is 5.35. The molecule has 5 heteroatoms. The van der Waals surface area contributed by atoms with Crippen molar-refractivity contribution in [2.45, 2.75) is 32.4 Å². The average Bonchev–Trinajstić information content (AvgIpc) is 2.42. The van der Waals surface area contributed by atoms with Crippen LogP contribution in [0.25, 0.3) is 10.9 Å². The van der Waals surface area contributed by atoms with Gasteiger partial charge in [-0.2, -0.15) is 13.2 Å². The van der Waals surface area contributed by atoms with Gasteiger partial charge in [-0.3, -0.25) is 4.98 Å². The molecule has 0 bridgehead atoms. The molecule has 1 aromatic carbocycles. The number of nitrogens with zero attached hydrogens (tertiary/aromatic N) is 1. The number of rotatable bonds is 5. The van der Waals surface area contributed by atoms with Crippen molar-refractivity contribution in [3.8, 4) is 0 Å². The maximum absolute atomic E-state index is 12.8. The smallest absolute Gasteiger partial charge is 0.384 e. The molecule has 0 unspecified atom stereocenters. The fraction of sp³-hybridized carbons (Fsp3) is 0.400. The number of aromatic nitrogens is 1. The molecule has 0 saturated carbocycles. The third kappa shape index (κ3) is 3.40. The van der Waals surface area contributed by atoms with Crippen LogP contribution in [0, 0.1) is 0 Å². The van der Waals surface area contributed by atoms with Crippen molar-refractivity contribution in [2.75, 3.05) is 11.9 Å². The zero-order chi connectivity index (χ0) is 14.6. The van der Waals surface area contributed by atoms with Crippen molar-refractivity contribution in [3.63, 3.8) is 0 Å². The number of hydrogen-bond donors (Lipinski definition) is 1. The SMILES string of the molecule is CCCCCNc1ccnc2ccc(C(F)(F)F)cc12. The Labute approximate surface area is 116 Å². The van der Waals surface area contributed by atoms with Crippen LogP contribution in [0.5, 0.6) is 0 Å². The number of hydrogen-bond acceptors (Lipinski definition) is 2. The van der Waals surface area contributed by atoms with E-state index in [0.717, 1.165) is 37.9 Å².